The van der Waals surface area contributed by atoms with Crippen LogP contribution in [-0.4, -0.2) is 60.3 Å². The lowest BCUT2D eigenvalue weighted by Crippen LogP contribution is -2.58. The van der Waals surface area contributed by atoms with E-state index < -0.39 is 17.6 Å². The van der Waals surface area contributed by atoms with Gasteiger partial charge in [0.2, 0.25) is 5.91 Å². The number of carbonyl (C=O) groups is 2. The van der Waals surface area contributed by atoms with Crippen LogP contribution >= 0.6 is 0 Å². The highest BCUT2D eigenvalue weighted by Gasteiger charge is 2.42. The standard InChI is InChI=1S/C19H23N3O4/c20-13-19(7-10-26-11-8-19)18(25)21-15-6-9-22(12-16(15)23)17(24)14-4-2-1-3-5-14/h1-5,15-16,23H,6-12H2,(H,21,25)/t15-,16-/m1/s1. The number of aliphatic hydroxyl groups is 1. The van der Waals surface area contributed by atoms with Crippen molar-refractivity contribution in [2.75, 3.05) is 26.3 Å². The van der Waals surface area contributed by atoms with Crippen LogP contribution in [0.4, 0.5) is 0 Å². The van der Waals surface area contributed by atoms with Crippen molar-refractivity contribution < 1.29 is 19.4 Å². The van der Waals surface area contributed by atoms with Crippen molar-refractivity contribution in [2.24, 2.45) is 5.41 Å². The molecule has 2 aliphatic rings. The van der Waals surface area contributed by atoms with E-state index in [1.807, 2.05) is 6.07 Å². The van der Waals surface area contributed by atoms with Gasteiger partial charge in [-0.3, -0.25) is 9.59 Å². The number of nitrogens with zero attached hydrogens (tertiary/aromatic N) is 2. The predicted octanol–water partition coefficient (Wildman–Crippen LogP) is 0.699. The van der Waals surface area contributed by atoms with Crippen molar-refractivity contribution in [3.63, 3.8) is 0 Å². The monoisotopic (exact) mass is 357 g/mol. The molecular weight excluding hydrogens is 334 g/mol. The number of benzene rings is 1. The van der Waals surface area contributed by atoms with E-state index in [1.165, 1.54) is 0 Å². The minimum absolute atomic E-state index is 0.132. The van der Waals surface area contributed by atoms with Gasteiger partial charge in [0.15, 0.2) is 0 Å². The molecule has 7 nitrogen and oxygen atoms in total. The zero-order valence-corrected chi connectivity index (χ0v) is 14.6. The van der Waals surface area contributed by atoms with Crippen molar-refractivity contribution in [1.29, 1.82) is 5.26 Å². The number of amides is 2. The summed E-state index contributed by atoms with van der Waals surface area (Å²) in [4.78, 5) is 26.7. The number of piperidine rings is 1. The molecule has 0 unspecified atom stereocenters. The molecule has 2 N–H and O–H groups in total. The van der Waals surface area contributed by atoms with E-state index in [1.54, 1.807) is 29.2 Å². The molecule has 0 aliphatic carbocycles. The lowest BCUT2D eigenvalue weighted by Gasteiger charge is -2.38. The first-order valence-corrected chi connectivity index (χ1v) is 8.88. The molecule has 1 aromatic rings. The molecule has 0 saturated carbocycles. The minimum Gasteiger partial charge on any atom is -0.389 e. The summed E-state index contributed by atoms with van der Waals surface area (Å²) in [5.41, 5.74) is -0.512. The number of ether oxygens (including phenoxy) is 1. The summed E-state index contributed by atoms with van der Waals surface area (Å²) >= 11 is 0. The fourth-order valence-corrected chi connectivity index (χ4v) is 3.46. The maximum absolute atomic E-state index is 12.6. The third-order valence-electron chi connectivity index (χ3n) is 5.20. The SMILES string of the molecule is N#CC1(C(=O)N[C@@H]2CCN(C(=O)c3ccccc3)C[C@H]2O)CCOCC1. The molecular formula is C19H23N3O4. The van der Waals surface area contributed by atoms with Crippen molar-refractivity contribution in [3.8, 4) is 6.07 Å². The second-order valence-corrected chi connectivity index (χ2v) is 6.86. The normalized spacial score (nSPS) is 25.2. The van der Waals surface area contributed by atoms with Gasteiger partial charge < -0.3 is 20.1 Å². The highest BCUT2D eigenvalue weighted by atomic mass is 16.5. The lowest BCUT2D eigenvalue weighted by molar-refractivity contribution is -0.134. The highest BCUT2D eigenvalue weighted by molar-refractivity contribution is 5.94. The average Bonchev–Trinajstić information content (AvgIpc) is 2.70. The Bertz CT molecular complexity index is 694. The summed E-state index contributed by atoms with van der Waals surface area (Å²) in [7, 11) is 0. The van der Waals surface area contributed by atoms with Crippen molar-refractivity contribution >= 4 is 11.8 Å². The number of nitriles is 1. The van der Waals surface area contributed by atoms with E-state index in [2.05, 4.69) is 11.4 Å². The average molecular weight is 357 g/mol. The van der Waals surface area contributed by atoms with Gasteiger partial charge in [-0.05, 0) is 31.4 Å². The second kappa shape index (κ2) is 7.85. The molecule has 2 aliphatic heterocycles. The molecule has 138 valence electrons. The van der Waals surface area contributed by atoms with Crippen molar-refractivity contribution in [2.45, 2.75) is 31.4 Å². The molecule has 0 radical (unpaired) electrons. The molecule has 7 heteroatoms. The highest BCUT2D eigenvalue weighted by Crippen LogP contribution is 2.30. The molecule has 1 aromatic carbocycles. The largest absolute Gasteiger partial charge is 0.389 e. The summed E-state index contributed by atoms with van der Waals surface area (Å²) in [5, 5.41) is 22.7. The number of nitrogens with one attached hydrogen (secondary N) is 1. The fraction of sp³-hybridized carbons (Fsp3) is 0.526. The summed E-state index contributed by atoms with van der Waals surface area (Å²) in [6, 6.07) is 10.6. The number of β-amino-alcohol motifs (C(OH)–C–C–N with tert-alkyl or cyclic N) is 1. The van der Waals surface area contributed by atoms with Gasteiger partial charge in [-0.15, -0.1) is 0 Å². The topological polar surface area (TPSA) is 103 Å². The fourth-order valence-electron chi connectivity index (χ4n) is 3.46. The van der Waals surface area contributed by atoms with Crippen LogP contribution in [0.5, 0.6) is 0 Å². The van der Waals surface area contributed by atoms with Gasteiger partial charge in [0, 0.05) is 31.9 Å². The van der Waals surface area contributed by atoms with E-state index in [0.717, 1.165) is 0 Å². The first-order chi connectivity index (χ1) is 12.6. The van der Waals surface area contributed by atoms with Crippen molar-refractivity contribution in [1.82, 2.24) is 10.2 Å². The van der Waals surface area contributed by atoms with Crippen LogP contribution in [0.25, 0.3) is 0 Å². The quantitative estimate of drug-likeness (QED) is 0.829. The molecule has 0 bridgehead atoms. The van der Waals surface area contributed by atoms with Gasteiger partial charge in [-0.2, -0.15) is 5.26 Å². The maximum atomic E-state index is 12.6. The lowest BCUT2D eigenvalue weighted by atomic mass is 9.80. The molecule has 2 atom stereocenters. The van der Waals surface area contributed by atoms with Crippen LogP contribution in [0.2, 0.25) is 0 Å². The van der Waals surface area contributed by atoms with Gasteiger partial charge >= 0.3 is 0 Å². The zero-order chi connectivity index (χ0) is 18.6. The van der Waals surface area contributed by atoms with E-state index in [9.17, 15) is 20.0 Å². The van der Waals surface area contributed by atoms with Gasteiger partial charge in [0.05, 0.1) is 18.2 Å². The Hall–Kier alpha value is -2.43. The first kappa shape index (κ1) is 18.4. The van der Waals surface area contributed by atoms with Crippen LogP contribution in [0, 0.1) is 16.7 Å². The molecule has 2 fully saturated rings. The smallest absolute Gasteiger partial charge is 0.253 e. The number of rotatable bonds is 3. The summed E-state index contributed by atoms with van der Waals surface area (Å²) in [6.07, 6.45) is 0.299. The zero-order valence-electron chi connectivity index (χ0n) is 14.6. The third kappa shape index (κ3) is 3.71. The molecule has 0 spiro atoms. The maximum Gasteiger partial charge on any atom is 0.253 e. The van der Waals surface area contributed by atoms with Crippen LogP contribution in [0.15, 0.2) is 30.3 Å². The van der Waals surface area contributed by atoms with Crippen LogP contribution in [0.1, 0.15) is 29.6 Å². The van der Waals surface area contributed by atoms with Crippen molar-refractivity contribution in [3.05, 3.63) is 35.9 Å². The molecule has 2 saturated heterocycles. The first-order valence-electron chi connectivity index (χ1n) is 8.88. The molecule has 3 rings (SSSR count). The number of hydrogen-bond acceptors (Lipinski definition) is 5. The number of carbonyl (C=O) groups excluding carboxylic acids is 2. The summed E-state index contributed by atoms with van der Waals surface area (Å²) in [6.45, 7) is 1.36. The number of likely N-dealkylation sites (tertiary alicyclic amines) is 1. The minimum atomic E-state index is -1.09. The Kier molecular flexibility index (Phi) is 5.55. The molecule has 2 amide bonds. The molecule has 0 aromatic heterocycles. The Labute approximate surface area is 152 Å². The Balaban J connectivity index is 1.60. The van der Waals surface area contributed by atoms with E-state index in [0.29, 0.717) is 44.6 Å². The third-order valence-corrected chi connectivity index (χ3v) is 5.20. The van der Waals surface area contributed by atoms with Crippen LogP contribution in [-0.2, 0) is 9.53 Å². The Morgan fingerprint density at radius 1 is 1.27 bits per heavy atom. The number of hydrogen-bond donors (Lipinski definition) is 2. The summed E-state index contributed by atoms with van der Waals surface area (Å²) in [5.74, 6) is -0.484. The van der Waals surface area contributed by atoms with Crippen LogP contribution in [0.3, 0.4) is 0 Å². The van der Waals surface area contributed by atoms with Crippen LogP contribution < -0.4 is 5.32 Å². The molecule has 2 heterocycles. The second-order valence-electron chi connectivity index (χ2n) is 6.86. The number of aliphatic hydroxyl groups excluding tert-OH is 1. The van der Waals surface area contributed by atoms with E-state index in [4.69, 9.17) is 4.74 Å². The van der Waals surface area contributed by atoms with Gasteiger partial charge in [-0.25, -0.2) is 0 Å². The van der Waals surface area contributed by atoms with E-state index >= 15 is 0 Å². The van der Waals surface area contributed by atoms with E-state index in [-0.39, 0.29) is 18.4 Å². The molecule has 26 heavy (non-hydrogen) atoms. The van der Waals surface area contributed by atoms with Gasteiger partial charge in [0.1, 0.15) is 5.41 Å². The summed E-state index contributed by atoms with van der Waals surface area (Å²) < 4.78 is 5.25. The Morgan fingerprint density at radius 3 is 2.58 bits per heavy atom. The van der Waals surface area contributed by atoms with Gasteiger partial charge in [-0.1, -0.05) is 18.2 Å². The Morgan fingerprint density at radius 2 is 1.96 bits per heavy atom. The predicted molar refractivity (Wildman–Crippen MR) is 93.0 cm³/mol. The van der Waals surface area contributed by atoms with Gasteiger partial charge in [0.25, 0.3) is 5.91 Å².